The molecule has 1 aromatic rings. The summed E-state index contributed by atoms with van der Waals surface area (Å²) in [4.78, 5) is 14.1. The highest BCUT2D eigenvalue weighted by Gasteiger charge is 2.18. The second-order valence-corrected chi connectivity index (χ2v) is 5.83. The van der Waals surface area contributed by atoms with E-state index in [0.29, 0.717) is 6.54 Å². The molecule has 1 fully saturated rings. The van der Waals surface area contributed by atoms with Crippen molar-refractivity contribution in [1.29, 1.82) is 0 Å². The number of piperidine rings is 1. The number of benzene rings is 1. The first-order chi connectivity index (χ1) is 8.65. The fourth-order valence-corrected chi connectivity index (χ4v) is 2.71. The molecule has 0 aromatic heterocycles. The fourth-order valence-electron chi connectivity index (χ4n) is 2.19. The normalized spacial score (nSPS) is 20.7. The van der Waals surface area contributed by atoms with Gasteiger partial charge in [0, 0.05) is 16.2 Å². The molecule has 0 spiro atoms. The van der Waals surface area contributed by atoms with Crippen LogP contribution in [0.5, 0.6) is 0 Å². The number of hydrogen-bond acceptors (Lipinski definition) is 3. The minimum atomic E-state index is 0.0354. The summed E-state index contributed by atoms with van der Waals surface area (Å²) < 4.78 is 1.05. The second-order valence-electron chi connectivity index (χ2n) is 4.67. The van der Waals surface area contributed by atoms with Gasteiger partial charge in [-0.3, -0.25) is 9.69 Å². The van der Waals surface area contributed by atoms with Crippen molar-refractivity contribution in [2.45, 2.75) is 18.9 Å². The number of rotatable bonds is 3. The molecular weight excluding hydrogens is 341 g/mol. The van der Waals surface area contributed by atoms with Crippen LogP contribution in [0, 0.1) is 3.57 Å². The van der Waals surface area contributed by atoms with E-state index >= 15 is 0 Å². The molecule has 0 bridgehead atoms. The largest absolute Gasteiger partial charge is 0.327 e. The number of para-hydroxylation sites is 1. The number of halogens is 1. The van der Waals surface area contributed by atoms with Crippen molar-refractivity contribution in [1.82, 2.24) is 4.90 Å². The van der Waals surface area contributed by atoms with Crippen LogP contribution in [0.1, 0.15) is 12.8 Å². The van der Waals surface area contributed by atoms with Gasteiger partial charge < -0.3 is 11.1 Å². The average molecular weight is 359 g/mol. The Hall–Kier alpha value is -0.660. The Balaban J connectivity index is 1.87. The van der Waals surface area contributed by atoms with Gasteiger partial charge in [0.2, 0.25) is 5.91 Å². The molecule has 1 unspecified atom stereocenters. The molecular formula is C13H18IN3O. The van der Waals surface area contributed by atoms with E-state index in [4.69, 9.17) is 5.73 Å². The first-order valence-electron chi connectivity index (χ1n) is 6.17. The second kappa shape index (κ2) is 6.49. The number of hydrogen-bond donors (Lipinski definition) is 2. The Morgan fingerprint density at radius 3 is 3.00 bits per heavy atom. The minimum Gasteiger partial charge on any atom is -0.327 e. The van der Waals surface area contributed by atoms with Crippen molar-refractivity contribution in [3.63, 3.8) is 0 Å². The van der Waals surface area contributed by atoms with Gasteiger partial charge in [0.1, 0.15) is 0 Å². The summed E-state index contributed by atoms with van der Waals surface area (Å²) >= 11 is 2.22. The topological polar surface area (TPSA) is 58.4 Å². The molecule has 4 nitrogen and oxygen atoms in total. The molecule has 5 heteroatoms. The predicted octanol–water partition coefficient (Wildman–Crippen LogP) is 1.65. The van der Waals surface area contributed by atoms with Crippen LogP contribution in [0.2, 0.25) is 0 Å². The third-order valence-corrected chi connectivity index (χ3v) is 4.00. The highest BCUT2D eigenvalue weighted by molar-refractivity contribution is 14.1. The molecule has 1 amide bonds. The van der Waals surface area contributed by atoms with Crippen LogP contribution < -0.4 is 11.1 Å². The van der Waals surface area contributed by atoms with Gasteiger partial charge in [-0.2, -0.15) is 0 Å². The van der Waals surface area contributed by atoms with Crippen LogP contribution in [-0.2, 0) is 4.79 Å². The fraction of sp³-hybridized carbons (Fsp3) is 0.462. The van der Waals surface area contributed by atoms with E-state index in [1.807, 2.05) is 24.3 Å². The molecule has 0 aliphatic carbocycles. The van der Waals surface area contributed by atoms with Gasteiger partial charge in [0.05, 0.1) is 12.2 Å². The monoisotopic (exact) mass is 359 g/mol. The van der Waals surface area contributed by atoms with Gasteiger partial charge >= 0.3 is 0 Å². The molecule has 1 aliphatic rings. The van der Waals surface area contributed by atoms with Crippen molar-refractivity contribution in [3.8, 4) is 0 Å². The Morgan fingerprint density at radius 1 is 1.50 bits per heavy atom. The van der Waals surface area contributed by atoms with Crippen molar-refractivity contribution in [2.24, 2.45) is 5.73 Å². The lowest BCUT2D eigenvalue weighted by atomic mass is 10.1. The van der Waals surface area contributed by atoms with Gasteiger partial charge in [0.15, 0.2) is 0 Å². The Labute approximate surface area is 121 Å². The third kappa shape index (κ3) is 3.93. The van der Waals surface area contributed by atoms with Crippen LogP contribution in [0.15, 0.2) is 24.3 Å². The SMILES string of the molecule is NC1CCCN(CC(=O)Nc2ccccc2I)C1. The summed E-state index contributed by atoms with van der Waals surface area (Å²) in [6.07, 6.45) is 2.14. The van der Waals surface area contributed by atoms with E-state index in [1.165, 1.54) is 0 Å². The molecule has 2 rings (SSSR count). The van der Waals surface area contributed by atoms with E-state index < -0.39 is 0 Å². The lowest BCUT2D eigenvalue weighted by molar-refractivity contribution is -0.117. The zero-order chi connectivity index (χ0) is 13.0. The lowest BCUT2D eigenvalue weighted by Gasteiger charge is -2.29. The Morgan fingerprint density at radius 2 is 2.28 bits per heavy atom. The van der Waals surface area contributed by atoms with Gasteiger partial charge in [-0.15, -0.1) is 0 Å². The Bertz CT molecular complexity index is 424. The molecule has 0 saturated carbocycles. The number of nitrogens with two attached hydrogens (primary N) is 1. The number of carbonyl (C=O) groups is 1. The van der Waals surface area contributed by atoms with Gasteiger partial charge in [-0.05, 0) is 54.1 Å². The molecule has 18 heavy (non-hydrogen) atoms. The predicted molar refractivity (Wildman–Crippen MR) is 81.4 cm³/mol. The first kappa shape index (κ1) is 13.8. The van der Waals surface area contributed by atoms with Gasteiger partial charge in [-0.25, -0.2) is 0 Å². The molecule has 1 heterocycles. The van der Waals surface area contributed by atoms with Gasteiger partial charge in [-0.1, -0.05) is 12.1 Å². The third-order valence-electron chi connectivity index (χ3n) is 3.06. The van der Waals surface area contributed by atoms with Crippen LogP contribution in [0.3, 0.4) is 0 Å². The van der Waals surface area contributed by atoms with Crippen LogP contribution in [0.4, 0.5) is 5.69 Å². The number of amides is 1. The van der Waals surface area contributed by atoms with E-state index in [-0.39, 0.29) is 11.9 Å². The Kier molecular flexibility index (Phi) is 4.96. The van der Waals surface area contributed by atoms with Crippen molar-refractivity contribution in [2.75, 3.05) is 25.0 Å². The summed E-state index contributed by atoms with van der Waals surface area (Å²) in [6.45, 7) is 2.21. The minimum absolute atomic E-state index is 0.0354. The number of anilines is 1. The van der Waals surface area contributed by atoms with E-state index in [0.717, 1.165) is 35.2 Å². The summed E-state index contributed by atoms with van der Waals surface area (Å²) in [6, 6.07) is 7.99. The van der Waals surface area contributed by atoms with E-state index in [2.05, 4.69) is 32.8 Å². The summed E-state index contributed by atoms with van der Waals surface area (Å²) in [5.41, 5.74) is 6.78. The van der Waals surface area contributed by atoms with E-state index in [9.17, 15) is 4.79 Å². The number of likely N-dealkylation sites (tertiary alicyclic amines) is 1. The molecule has 3 N–H and O–H groups in total. The lowest BCUT2D eigenvalue weighted by Crippen LogP contribution is -2.45. The zero-order valence-corrected chi connectivity index (χ0v) is 12.4. The molecule has 1 saturated heterocycles. The molecule has 1 atom stereocenters. The van der Waals surface area contributed by atoms with E-state index in [1.54, 1.807) is 0 Å². The van der Waals surface area contributed by atoms with Gasteiger partial charge in [0.25, 0.3) is 0 Å². The molecule has 1 aromatic carbocycles. The first-order valence-corrected chi connectivity index (χ1v) is 7.25. The number of carbonyl (C=O) groups excluding carboxylic acids is 1. The standard InChI is InChI=1S/C13H18IN3O/c14-11-5-1-2-6-12(11)16-13(18)9-17-7-3-4-10(15)8-17/h1-2,5-6,10H,3-4,7-9,15H2,(H,16,18). The average Bonchev–Trinajstić information content (AvgIpc) is 2.32. The van der Waals surface area contributed by atoms with Crippen LogP contribution in [-0.4, -0.2) is 36.5 Å². The maximum atomic E-state index is 11.9. The smallest absolute Gasteiger partial charge is 0.238 e. The summed E-state index contributed by atoms with van der Waals surface area (Å²) in [7, 11) is 0. The highest BCUT2D eigenvalue weighted by atomic mass is 127. The summed E-state index contributed by atoms with van der Waals surface area (Å²) in [5, 5.41) is 2.94. The quantitative estimate of drug-likeness (QED) is 0.807. The molecule has 98 valence electrons. The highest BCUT2D eigenvalue weighted by Crippen LogP contribution is 2.17. The number of nitrogens with zero attached hydrogens (tertiary/aromatic N) is 1. The maximum absolute atomic E-state index is 11.9. The maximum Gasteiger partial charge on any atom is 0.238 e. The van der Waals surface area contributed by atoms with Crippen molar-refractivity contribution in [3.05, 3.63) is 27.8 Å². The zero-order valence-electron chi connectivity index (χ0n) is 10.2. The summed E-state index contributed by atoms with van der Waals surface area (Å²) in [5.74, 6) is 0.0354. The van der Waals surface area contributed by atoms with Crippen molar-refractivity contribution < 1.29 is 4.79 Å². The number of nitrogens with one attached hydrogen (secondary N) is 1. The molecule has 0 radical (unpaired) electrons. The van der Waals surface area contributed by atoms with Crippen LogP contribution in [0.25, 0.3) is 0 Å². The molecule has 1 aliphatic heterocycles. The van der Waals surface area contributed by atoms with Crippen molar-refractivity contribution >= 4 is 34.2 Å². The van der Waals surface area contributed by atoms with Crippen LogP contribution >= 0.6 is 22.6 Å².